The summed E-state index contributed by atoms with van der Waals surface area (Å²) in [5.41, 5.74) is 2.78. The summed E-state index contributed by atoms with van der Waals surface area (Å²) in [4.78, 5) is 12.1. The highest BCUT2D eigenvalue weighted by molar-refractivity contribution is 9.10. The molecule has 0 spiro atoms. The van der Waals surface area contributed by atoms with Gasteiger partial charge in [0, 0.05) is 10.2 Å². The van der Waals surface area contributed by atoms with Crippen LogP contribution in [-0.4, -0.2) is 5.91 Å². The lowest BCUT2D eigenvalue weighted by Gasteiger charge is -2.10. The van der Waals surface area contributed by atoms with Crippen molar-refractivity contribution in [1.29, 1.82) is 0 Å². The van der Waals surface area contributed by atoms with Gasteiger partial charge in [0.25, 0.3) is 5.91 Å². The van der Waals surface area contributed by atoms with Crippen molar-refractivity contribution in [3.05, 3.63) is 63.4 Å². The molecule has 2 nitrogen and oxygen atoms in total. The Morgan fingerprint density at radius 1 is 1.16 bits per heavy atom. The van der Waals surface area contributed by atoms with Crippen LogP contribution in [0.3, 0.4) is 0 Å². The van der Waals surface area contributed by atoms with Crippen molar-refractivity contribution in [1.82, 2.24) is 0 Å². The largest absolute Gasteiger partial charge is 0.322 e. The average molecular weight is 322 g/mol. The number of carbonyl (C=O) groups is 1. The fourth-order valence-corrected chi connectivity index (χ4v) is 2.18. The van der Waals surface area contributed by atoms with Gasteiger partial charge in [-0.2, -0.15) is 0 Å². The second kappa shape index (κ2) is 5.53. The highest BCUT2D eigenvalue weighted by Crippen LogP contribution is 2.20. The van der Waals surface area contributed by atoms with Crippen LogP contribution in [0.15, 0.2) is 40.9 Å². The van der Waals surface area contributed by atoms with Crippen LogP contribution in [0, 0.1) is 19.7 Å². The van der Waals surface area contributed by atoms with Gasteiger partial charge in [-0.15, -0.1) is 0 Å². The molecule has 19 heavy (non-hydrogen) atoms. The van der Waals surface area contributed by atoms with E-state index in [1.807, 2.05) is 32.0 Å². The first kappa shape index (κ1) is 13.7. The third kappa shape index (κ3) is 3.20. The van der Waals surface area contributed by atoms with Crippen LogP contribution in [0.5, 0.6) is 0 Å². The minimum absolute atomic E-state index is 0.0225. The van der Waals surface area contributed by atoms with Crippen LogP contribution in [0.2, 0.25) is 0 Å². The molecule has 4 heteroatoms. The van der Waals surface area contributed by atoms with Gasteiger partial charge >= 0.3 is 0 Å². The molecule has 2 aromatic rings. The van der Waals surface area contributed by atoms with Crippen molar-refractivity contribution in [3.63, 3.8) is 0 Å². The topological polar surface area (TPSA) is 29.1 Å². The van der Waals surface area contributed by atoms with Gasteiger partial charge in [0.15, 0.2) is 0 Å². The summed E-state index contributed by atoms with van der Waals surface area (Å²) in [5, 5.41) is 2.72. The number of hydrogen-bond donors (Lipinski definition) is 1. The Labute approximate surface area is 119 Å². The number of rotatable bonds is 2. The van der Waals surface area contributed by atoms with Crippen molar-refractivity contribution >= 4 is 27.5 Å². The van der Waals surface area contributed by atoms with Gasteiger partial charge in [0.1, 0.15) is 5.82 Å². The number of halogens is 2. The highest BCUT2D eigenvalue weighted by atomic mass is 79.9. The molecule has 98 valence electrons. The molecule has 2 aromatic carbocycles. The zero-order valence-corrected chi connectivity index (χ0v) is 12.2. The van der Waals surface area contributed by atoms with Gasteiger partial charge in [0.2, 0.25) is 0 Å². The third-order valence-corrected chi connectivity index (χ3v) is 3.30. The Kier molecular flexibility index (Phi) is 4.00. The number of aryl methyl sites for hydroxylation is 2. The number of benzene rings is 2. The molecule has 0 radical (unpaired) electrons. The molecule has 0 saturated carbocycles. The first-order chi connectivity index (χ1) is 8.97. The molecule has 0 aromatic heterocycles. The second-order valence-corrected chi connectivity index (χ2v) is 5.31. The first-order valence-electron chi connectivity index (χ1n) is 5.81. The van der Waals surface area contributed by atoms with Gasteiger partial charge < -0.3 is 5.32 Å². The number of amides is 1. The van der Waals surface area contributed by atoms with Gasteiger partial charge in [-0.3, -0.25) is 4.79 Å². The molecular weight excluding hydrogens is 309 g/mol. The number of nitrogens with one attached hydrogen (secondary N) is 1. The van der Waals surface area contributed by atoms with E-state index in [-0.39, 0.29) is 5.56 Å². The summed E-state index contributed by atoms with van der Waals surface area (Å²) in [6.07, 6.45) is 0. The Morgan fingerprint density at radius 2 is 1.89 bits per heavy atom. The number of hydrogen-bond acceptors (Lipinski definition) is 1. The minimum atomic E-state index is -0.537. The average Bonchev–Trinajstić information content (AvgIpc) is 2.35. The second-order valence-electron chi connectivity index (χ2n) is 4.40. The zero-order chi connectivity index (χ0) is 14.0. The van der Waals surface area contributed by atoms with E-state index in [0.29, 0.717) is 10.2 Å². The molecule has 0 unspecified atom stereocenters. The summed E-state index contributed by atoms with van der Waals surface area (Å²) >= 11 is 3.23. The molecule has 0 aliphatic heterocycles. The van der Waals surface area contributed by atoms with Crippen LogP contribution in [0.4, 0.5) is 10.1 Å². The summed E-state index contributed by atoms with van der Waals surface area (Å²) in [7, 11) is 0. The maximum Gasteiger partial charge on any atom is 0.258 e. The van der Waals surface area contributed by atoms with Crippen molar-refractivity contribution in [3.8, 4) is 0 Å². The molecule has 0 atom stereocenters. The molecule has 0 aliphatic rings. The molecule has 0 bridgehead atoms. The van der Waals surface area contributed by atoms with E-state index < -0.39 is 11.7 Å². The molecule has 1 amide bonds. The summed E-state index contributed by atoms with van der Waals surface area (Å²) in [6, 6.07) is 9.98. The van der Waals surface area contributed by atoms with Gasteiger partial charge in [-0.05, 0) is 43.7 Å². The van der Waals surface area contributed by atoms with Crippen LogP contribution >= 0.6 is 15.9 Å². The predicted octanol–water partition coefficient (Wildman–Crippen LogP) is 4.46. The van der Waals surface area contributed by atoms with E-state index in [2.05, 4.69) is 21.2 Å². The van der Waals surface area contributed by atoms with Crippen LogP contribution in [0.25, 0.3) is 0 Å². The first-order valence-corrected chi connectivity index (χ1v) is 6.60. The molecule has 0 saturated heterocycles. The van der Waals surface area contributed by atoms with E-state index in [0.717, 1.165) is 11.1 Å². The fourth-order valence-electron chi connectivity index (χ4n) is 1.81. The normalized spacial score (nSPS) is 10.3. The Morgan fingerprint density at radius 3 is 2.58 bits per heavy atom. The lowest BCUT2D eigenvalue weighted by atomic mass is 10.1. The number of anilines is 1. The Hall–Kier alpha value is -1.68. The van der Waals surface area contributed by atoms with E-state index in [1.54, 1.807) is 6.07 Å². The van der Waals surface area contributed by atoms with Crippen molar-refractivity contribution in [2.24, 2.45) is 0 Å². The smallest absolute Gasteiger partial charge is 0.258 e. The SMILES string of the molecule is Cc1ccc(NC(=O)c2cc(Br)ccc2F)c(C)c1. The Bertz CT molecular complexity index is 640. The Balaban J connectivity index is 2.28. The van der Waals surface area contributed by atoms with Gasteiger partial charge in [0.05, 0.1) is 5.56 Å². The van der Waals surface area contributed by atoms with E-state index in [9.17, 15) is 9.18 Å². The lowest BCUT2D eigenvalue weighted by Crippen LogP contribution is -2.14. The monoisotopic (exact) mass is 321 g/mol. The van der Waals surface area contributed by atoms with E-state index >= 15 is 0 Å². The molecule has 1 N–H and O–H groups in total. The minimum Gasteiger partial charge on any atom is -0.322 e. The lowest BCUT2D eigenvalue weighted by molar-refractivity contribution is 0.102. The molecule has 0 aliphatic carbocycles. The van der Waals surface area contributed by atoms with Crippen LogP contribution in [0.1, 0.15) is 21.5 Å². The van der Waals surface area contributed by atoms with E-state index in [4.69, 9.17) is 0 Å². The summed E-state index contributed by atoms with van der Waals surface area (Å²) < 4.78 is 14.3. The molecule has 2 rings (SSSR count). The van der Waals surface area contributed by atoms with Crippen molar-refractivity contribution < 1.29 is 9.18 Å². The van der Waals surface area contributed by atoms with Gasteiger partial charge in [-0.1, -0.05) is 33.6 Å². The van der Waals surface area contributed by atoms with Crippen molar-refractivity contribution in [2.75, 3.05) is 5.32 Å². The van der Waals surface area contributed by atoms with E-state index in [1.165, 1.54) is 12.1 Å². The quantitative estimate of drug-likeness (QED) is 0.869. The number of carbonyl (C=O) groups excluding carboxylic acids is 1. The summed E-state index contributed by atoms with van der Waals surface area (Å²) in [5.74, 6) is -0.990. The maximum atomic E-state index is 13.6. The van der Waals surface area contributed by atoms with Crippen molar-refractivity contribution in [2.45, 2.75) is 13.8 Å². The molecular formula is C15H13BrFNO. The van der Waals surface area contributed by atoms with Crippen LogP contribution < -0.4 is 5.32 Å². The standard InChI is InChI=1S/C15H13BrFNO/c1-9-3-6-14(10(2)7-9)18-15(19)12-8-11(16)4-5-13(12)17/h3-8H,1-2H3,(H,18,19). The maximum absolute atomic E-state index is 13.6. The van der Waals surface area contributed by atoms with Crippen LogP contribution in [-0.2, 0) is 0 Å². The zero-order valence-electron chi connectivity index (χ0n) is 10.6. The molecule has 0 fully saturated rings. The predicted molar refractivity (Wildman–Crippen MR) is 78.0 cm³/mol. The fraction of sp³-hybridized carbons (Fsp3) is 0.133. The third-order valence-electron chi connectivity index (χ3n) is 2.80. The highest BCUT2D eigenvalue weighted by Gasteiger charge is 2.13. The van der Waals surface area contributed by atoms with Gasteiger partial charge in [-0.25, -0.2) is 4.39 Å². The summed E-state index contributed by atoms with van der Waals surface area (Å²) in [6.45, 7) is 3.88. The molecule has 0 heterocycles.